The van der Waals surface area contributed by atoms with Gasteiger partial charge in [0.2, 0.25) is 0 Å². The second-order valence-corrected chi connectivity index (χ2v) is 16.1. The van der Waals surface area contributed by atoms with Gasteiger partial charge in [-0.05, 0) is 56.8 Å². The number of hydrogen-bond acceptors (Lipinski definition) is 3. The maximum absolute atomic E-state index is 4.74. The number of aromatic nitrogens is 3. The molecule has 3 nitrogen and oxygen atoms in total. The van der Waals surface area contributed by atoms with E-state index in [1.807, 2.05) is 97.2 Å². The predicted octanol–water partition coefficient (Wildman–Crippen LogP) is 9.09. The Hall–Kier alpha value is -5.06. The van der Waals surface area contributed by atoms with Crippen molar-refractivity contribution in [3.05, 3.63) is 176 Å². The normalized spacial score (nSPS) is 12.0. The molecule has 9 rings (SSSR count). The molecule has 4 heterocycles. The molecule has 0 saturated carbocycles. The fourth-order valence-electron chi connectivity index (χ4n) is 6.19. The topological polar surface area (TPSA) is 38.7 Å². The van der Waals surface area contributed by atoms with E-state index in [-0.39, 0.29) is 20.1 Å². The third kappa shape index (κ3) is 6.67. The van der Waals surface area contributed by atoms with E-state index < -0.39 is 8.07 Å². The summed E-state index contributed by atoms with van der Waals surface area (Å²) in [5.41, 5.74) is 6.33. The Morgan fingerprint density at radius 1 is 0.500 bits per heavy atom. The van der Waals surface area contributed by atoms with Gasteiger partial charge < -0.3 is 15.0 Å². The third-order valence-electron chi connectivity index (χ3n) is 8.51. The van der Waals surface area contributed by atoms with Crippen molar-refractivity contribution in [2.24, 2.45) is 0 Å². The molecule has 5 heteroatoms. The van der Waals surface area contributed by atoms with Gasteiger partial charge in [-0.25, -0.2) is 0 Å². The van der Waals surface area contributed by atoms with E-state index in [4.69, 9.17) is 4.98 Å². The zero-order valence-corrected chi connectivity index (χ0v) is 30.1. The van der Waals surface area contributed by atoms with Crippen LogP contribution in [0.1, 0.15) is 0 Å². The van der Waals surface area contributed by atoms with Crippen LogP contribution in [0.2, 0.25) is 13.1 Å². The molecule has 0 atom stereocenters. The molecule has 0 bridgehead atoms. The smallest absolute Gasteiger partial charge is 0.305 e. The average Bonchev–Trinajstić information content (AvgIpc) is 3.16. The van der Waals surface area contributed by atoms with Gasteiger partial charge in [0.15, 0.2) is 0 Å². The van der Waals surface area contributed by atoms with Gasteiger partial charge in [0.1, 0.15) is 0 Å². The second-order valence-electron chi connectivity index (χ2n) is 11.8. The minimum Gasteiger partial charge on any atom is -0.305 e. The van der Waals surface area contributed by atoms with E-state index in [2.05, 4.69) is 89.8 Å². The van der Waals surface area contributed by atoms with E-state index in [1.165, 1.54) is 37.5 Å². The molecule has 1 aliphatic rings. The van der Waals surface area contributed by atoms with Crippen molar-refractivity contribution in [1.29, 1.82) is 0 Å². The predicted molar refractivity (Wildman–Crippen MR) is 197 cm³/mol. The number of nitrogens with zero attached hydrogens (tertiary/aromatic N) is 3. The summed E-state index contributed by atoms with van der Waals surface area (Å²) < 4.78 is 0. The fourth-order valence-corrected chi connectivity index (χ4v) is 9.20. The molecular formula is C43H32IrN3Si. The maximum atomic E-state index is 4.74. The van der Waals surface area contributed by atoms with Crippen molar-refractivity contribution in [2.75, 3.05) is 0 Å². The van der Waals surface area contributed by atoms with Crippen molar-refractivity contribution < 1.29 is 20.1 Å². The van der Waals surface area contributed by atoms with Gasteiger partial charge in [-0.2, -0.15) is 0 Å². The molecule has 0 radical (unpaired) electrons. The summed E-state index contributed by atoms with van der Waals surface area (Å²) in [6, 6.07) is 56.8. The molecule has 3 aromatic heterocycles. The Morgan fingerprint density at radius 2 is 1.10 bits per heavy atom. The standard InChI is InChI=1S/C21H16NSi.2C11H8N.Ir/c1-23(2)18-10-6-5-9-17(18)21-20-16(11-12-22-21)15-8-4-3-7-14(15)13-19(20)23;2*1-2-6-10(7-3-1)11-8-4-5-9-12-11;/h3-8,10-13H,1-2H3;2*1-6,8-9H;/q3*-1;+3. The second kappa shape index (κ2) is 14.8. The Morgan fingerprint density at radius 3 is 1.71 bits per heavy atom. The SMILES string of the molecule is C[Si]1(C)c2ccc[c-]c2-c2nccc3c2c1cc1ccccc13.[Ir+3].[c-]1ccccc1-c1ccccn1.[c-]1ccccc1-c1ccccn1. The maximum Gasteiger partial charge on any atom is 3.00 e. The van der Waals surface area contributed by atoms with Crippen LogP contribution in [0.4, 0.5) is 0 Å². The van der Waals surface area contributed by atoms with Crippen molar-refractivity contribution in [1.82, 2.24) is 15.0 Å². The Balaban J connectivity index is 0.000000136. The monoisotopic (exact) mass is 811 g/mol. The first kappa shape index (κ1) is 32.9. The molecule has 232 valence electrons. The summed E-state index contributed by atoms with van der Waals surface area (Å²) in [5.74, 6) is 0. The van der Waals surface area contributed by atoms with Gasteiger partial charge in [-0.1, -0.05) is 72.9 Å². The summed E-state index contributed by atoms with van der Waals surface area (Å²) >= 11 is 0. The molecular weight excluding hydrogens is 779 g/mol. The van der Waals surface area contributed by atoms with Crippen LogP contribution in [-0.2, 0) is 20.1 Å². The van der Waals surface area contributed by atoms with Crippen molar-refractivity contribution in [3.8, 4) is 33.8 Å². The van der Waals surface area contributed by atoms with Crippen molar-refractivity contribution in [2.45, 2.75) is 13.1 Å². The quantitative estimate of drug-likeness (QED) is 0.0995. The fraction of sp³-hybridized carbons (Fsp3) is 0.0465. The molecule has 1 aliphatic heterocycles. The van der Waals surface area contributed by atoms with Crippen LogP contribution >= 0.6 is 0 Å². The number of pyridine rings is 3. The van der Waals surface area contributed by atoms with E-state index in [0.717, 1.165) is 28.2 Å². The zero-order chi connectivity index (χ0) is 32.1. The van der Waals surface area contributed by atoms with Crippen LogP contribution < -0.4 is 10.4 Å². The average molecular weight is 811 g/mol. The van der Waals surface area contributed by atoms with Gasteiger partial charge in [-0.15, -0.1) is 107 Å². The molecule has 0 N–H and O–H groups in total. The zero-order valence-electron chi connectivity index (χ0n) is 26.7. The molecule has 0 fully saturated rings. The Bertz CT molecular complexity index is 2110. The molecule has 0 spiro atoms. The summed E-state index contributed by atoms with van der Waals surface area (Å²) in [4.78, 5) is 13.2. The largest absolute Gasteiger partial charge is 3.00 e. The molecule has 8 aromatic rings. The number of fused-ring (bicyclic) bond motifs is 4. The van der Waals surface area contributed by atoms with Crippen LogP contribution in [0.15, 0.2) is 158 Å². The molecule has 48 heavy (non-hydrogen) atoms. The molecule has 5 aromatic carbocycles. The molecule has 0 aliphatic carbocycles. The third-order valence-corrected chi connectivity index (χ3v) is 12.0. The summed E-state index contributed by atoms with van der Waals surface area (Å²) in [5, 5.41) is 8.27. The van der Waals surface area contributed by atoms with Crippen LogP contribution in [0.25, 0.3) is 55.3 Å². The van der Waals surface area contributed by atoms with Crippen molar-refractivity contribution >= 4 is 40.0 Å². The van der Waals surface area contributed by atoms with Crippen LogP contribution in [0.3, 0.4) is 0 Å². The van der Waals surface area contributed by atoms with E-state index >= 15 is 0 Å². The van der Waals surface area contributed by atoms with E-state index in [0.29, 0.717) is 0 Å². The molecule has 0 amide bonds. The van der Waals surface area contributed by atoms with Crippen LogP contribution in [0.5, 0.6) is 0 Å². The van der Waals surface area contributed by atoms with Crippen LogP contribution in [-0.4, -0.2) is 23.0 Å². The minimum atomic E-state index is -1.75. The first-order chi connectivity index (χ1) is 23.1. The van der Waals surface area contributed by atoms with Gasteiger partial charge in [0, 0.05) is 18.6 Å². The summed E-state index contributed by atoms with van der Waals surface area (Å²) in [7, 11) is -1.75. The first-order valence-corrected chi connectivity index (χ1v) is 18.7. The van der Waals surface area contributed by atoms with E-state index in [9.17, 15) is 0 Å². The number of hydrogen-bond donors (Lipinski definition) is 0. The molecule has 0 saturated heterocycles. The summed E-state index contributed by atoms with van der Waals surface area (Å²) in [6.45, 7) is 4.89. The van der Waals surface area contributed by atoms with Gasteiger partial charge >= 0.3 is 20.1 Å². The summed E-state index contributed by atoms with van der Waals surface area (Å²) in [6.07, 6.45) is 5.52. The van der Waals surface area contributed by atoms with Gasteiger partial charge in [-0.3, -0.25) is 0 Å². The minimum absolute atomic E-state index is 0. The Kier molecular flexibility index (Phi) is 10.1. The first-order valence-electron chi connectivity index (χ1n) is 15.7. The number of benzene rings is 5. The Labute approximate surface area is 296 Å². The van der Waals surface area contributed by atoms with Gasteiger partial charge in [0.25, 0.3) is 0 Å². The van der Waals surface area contributed by atoms with Gasteiger partial charge in [0.05, 0.1) is 8.07 Å². The van der Waals surface area contributed by atoms with E-state index in [1.54, 1.807) is 12.4 Å². The molecule has 0 unspecified atom stereocenters. The number of rotatable bonds is 2. The van der Waals surface area contributed by atoms with Crippen LogP contribution in [0, 0.1) is 18.2 Å². The van der Waals surface area contributed by atoms with Crippen molar-refractivity contribution in [3.63, 3.8) is 0 Å².